The first-order valence-corrected chi connectivity index (χ1v) is 6.73. The number of pyridine rings is 1. The van der Waals surface area contributed by atoms with Crippen molar-refractivity contribution < 1.29 is 9.90 Å². The molecular formula is C15H13ClN2O2. The van der Waals surface area contributed by atoms with Gasteiger partial charge in [0, 0.05) is 12.2 Å². The van der Waals surface area contributed by atoms with Crippen LogP contribution in [0.3, 0.4) is 0 Å². The highest BCUT2D eigenvalue weighted by molar-refractivity contribution is 6.33. The molecule has 0 amide bonds. The molecular weight excluding hydrogens is 276 g/mol. The molecule has 0 radical (unpaired) electrons. The van der Waals surface area contributed by atoms with E-state index in [2.05, 4.69) is 22.4 Å². The molecule has 0 bridgehead atoms. The molecule has 0 fully saturated rings. The number of aromatic nitrogens is 1. The van der Waals surface area contributed by atoms with E-state index in [1.54, 1.807) is 0 Å². The van der Waals surface area contributed by atoms with Crippen molar-refractivity contribution in [2.24, 2.45) is 0 Å². The van der Waals surface area contributed by atoms with Crippen molar-refractivity contribution in [3.63, 3.8) is 0 Å². The van der Waals surface area contributed by atoms with Crippen LogP contribution in [0.1, 0.15) is 21.5 Å². The van der Waals surface area contributed by atoms with Gasteiger partial charge in [0.1, 0.15) is 5.82 Å². The number of hydrogen-bond donors (Lipinski definition) is 2. The zero-order valence-corrected chi connectivity index (χ0v) is 11.4. The summed E-state index contributed by atoms with van der Waals surface area (Å²) in [6, 6.07) is 9.98. The highest BCUT2D eigenvalue weighted by atomic mass is 35.5. The van der Waals surface area contributed by atoms with Crippen LogP contribution in [0.5, 0.6) is 0 Å². The van der Waals surface area contributed by atoms with Crippen LogP contribution in [0.2, 0.25) is 5.02 Å². The van der Waals surface area contributed by atoms with Gasteiger partial charge in [-0.2, -0.15) is 0 Å². The average Bonchev–Trinajstić information content (AvgIpc) is 2.83. The molecule has 0 spiro atoms. The Kier molecular flexibility index (Phi) is 3.32. The molecule has 2 N–H and O–H groups in total. The monoisotopic (exact) mass is 288 g/mol. The first-order valence-electron chi connectivity index (χ1n) is 6.35. The van der Waals surface area contributed by atoms with Crippen LogP contribution in [0.25, 0.3) is 0 Å². The fourth-order valence-corrected chi connectivity index (χ4v) is 2.74. The number of anilines is 1. The second-order valence-corrected chi connectivity index (χ2v) is 5.28. The summed E-state index contributed by atoms with van der Waals surface area (Å²) in [5.74, 6) is -0.492. The lowest BCUT2D eigenvalue weighted by molar-refractivity contribution is 0.0696. The van der Waals surface area contributed by atoms with Crippen molar-refractivity contribution in [3.8, 4) is 0 Å². The Morgan fingerprint density at radius 2 is 1.95 bits per heavy atom. The first-order chi connectivity index (χ1) is 9.63. The van der Waals surface area contributed by atoms with Gasteiger partial charge < -0.3 is 10.4 Å². The van der Waals surface area contributed by atoms with E-state index in [0.29, 0.717) is 10.8 Å². The predicted molar refractivity (Wildman–Crippen MR) is 77.5 cm³/mol. The topological polar surface area (TPSA) is 62.2 Å². The SMILES string of the molecule is O=C(O)c1cnc(NC2Cc3ccccc3C2)c(Cl)c1. The van der Waals surface area contributed by atoms with Crippen LogP contribution in [0.4, 0.5) is 5.82 Å². The van der Waals surface area contributed by atoms with Crippen molar-refractivity contribution in [1.82, 2.24) is 4.98 Å². The van der Waals surface area contributed by atoms with Crippen molar-refractivity contribution in [3.05, 3.63) is 58.2 Å². The first kappa shape index (κ1) is 12.9. The summed E-state index contributed by atoms with van der Waals surface area (Å²) in [6.45, 7) is 0. The van der Waals surface area contributed by atoms with Gasteiger partial charge in [-0.1, -0.05) is 35.9 Å². The van der Waals surface area contributed by atoms with E-state index in [9.17, 15) is 4.79 Å². The molecule has 0 unspecified atom stereocenters. The summed E-state index contributed by atoms with van der Waals surface area (Å²) in [6.07, 6.45) is 3.17. The number of carbonyl (C=O) groups is 1. The van der Waals surface area contributed by atoms with Gasteiger partial charge in [-0.25, -0.2) is 9.78 Å². The average molecular weight is 289 g/mol. The Balaban J connectivity index is 1.75. The zero-order chi connectivity index (χ0) is 14.1. The Morgan fingerprint density at radius 3 is 2.50 bits per heavy atom. The number of halogens is 1. The summed E-state index contributed by atoms with van der Waals surface area (Å²) >= 11 is 6.07. The molecule has 1 aliphatic carbocycles. The normalized spacial score (nSPS) is 14.1. The second kappa shape index (κ2) is 5.13. The Bertz CT molecular complexity index is 648. The summed E-state index contributed by atoms with van der Waals surface area (Å²) in [4.78, 5) is 14.9. The van der Waals surface area contributed by atoms with Crippen molar-refractivity contribution in [2.45, 2.75) is 18.9 Å². The van der Waals surface area contributed by atoms with Gasteiger partial charge in [0.05, 0.1) is 10.6 Å². The number of rotatable bonds is 3. The lowest BCUT2D eigenvalue weighted by atomic mass is 10.1. The minimum atomic E-state index is -1.03. The summed E-state index contributed by atoms with van der Waals surface area (Å²) in [5.41, 5.74) is 2.77. The lowest BCUT2D eigenvalue weighted by Gasteiger charge is -2.14. The maximum atomic E-state index is 10.8. The molecule has 5 heteroatoms. The molecule has 102 valence electrons. The third kappa shape index (κ3) is 2.47. The lowest BCUT2D eigenvalue weighted by Crippen LogP contribution is -2.20. The van der Waals surface area contributed by atoms with E-state index in [0.717, 1.165) is 12.8 Å². The number of hydrogen-bond acceptors (Lipinski definition) is 3. The van der Waals surface area contributed by atoms with Gasteiger partial charge in [0.2, 0.25) is 0 Å². The molecule has 1 aromatic carbocycles. The van der Waals surface area contributed by atoms with E-state index in [-0.39, 0.29) is 11.6 Å². The zero-order valence-electron chi connectivity index (χ0n) is 10.6. The highest BCUT2D eigenvalue weighted by Crippen LogP contribution is 2.27. The van der Waals surface area contributed by atoms with Crippen LogP contribution in [-0.2, 0) is 12.8 Å². The molecule has 0 atom stereocenters. The molecule has 0 saturated carbocycles. The third-order valence-electron chi connectivity index (χ3n) is 3.48. The maximum absolute atomic E-state index is 10.8. The fraction of sp³-hybridized carbons (Fsp3) is 0.200. The number of carboxylic acid groups (broad SMARTS) is 1. The largest absolute Gasteiger partial charge is 0.478 e. The molecule has 1 aliphatic rings. The van der Waals surface area contributed by atoms with E-state index < -0.39 is 5.97 Å². The van der Waals surface area contributed by atoms with Crippen LogP contribution < -0.4 is 5.32 Å². The van der Waals surface area contributed by atoms with Crippen molar-refractivity contribution in [2.75, 3.05) is 5.32 Å². The van der Waals surface area contributed by atoms with Gasteiger partial charge in [0.15, 0.2) is 0 Å². The van der Waals surface area contributed by atoms with Crippen molar-refractivity contribution >= 4 is 23.4 Å². The van der Waals surface area contributed by atoms with Crippen LogP contribution in [0.15, 0.2) is 36.5 Å². The number of carboxylic acids is 1. The number of nitrogens with zero attached hydrogens (tertiary/aromatic N) is 1. The Labute approximate surface area is 121 Å². The van der Waals surface area contributed by atoms with E-state index in [4.69, 9.17) is 16.7 Å². The standard InChI is InChI=1S/C15H13ClN2O2/c16-13-7-11(15(19)20)8-17-14(13)18-12-5-9-3-1-2-4-10(9)6-12/h1-4,7-8,12H,5-6H2,(H,17,18)(H,19,20). The second-order valence-electron chi connectivity index (χ2n) is 4.88. The predicted octanol–water partition coefficient (Wildman–Crippen LogP) is 3.01. The number of aromatic carboxylic acids is 1. The van der Waals surface area contributed by atoms with Gasteiger partial charge in [0.25, 0.3) is 0 Å². The van der Waals surface area contributed by atoms with E-state index in [1.807, 2.05) is 12.1 Å². The Hall–Kier alpha value is -2.07. The van der Waals surface area contributed by atoms with Crippen LogP contribution >= 0.6 is 11.6 Å². The molecule has 1 aromatic heterocycles. The number of nitrogens with one attached hydrogen (secondary N) is 1. The van der Waals surface area contributed by atoms with E-state index in [1.165, 1.54) is 23.4 Å². The fourth-order valence-electron chi connectivity index (χ4n) is 2.52. The quantitative estimate of drug-likeness (QED) is 0.911. The summed E-state index contributed by atoms with van der Waals surface area (Å²) < 4.78 is 0. The minimum absolute atomic E-state index is 0.0928. The molecule has 0 aliphatic heterocycles. The Morgan fingerprint density at radius 1 is 1.30 bits per heavy atom. The van der Waals surface area contributed by atoms with Crippen LogP contribution in [-0.4, -0.2) is 22.1 Å². The minimum Gasteiger partial charge on any atom is -0.478 e. The number of benzene rings is 1. The number of fused-ring (bicyclic) bond motifs is 1. The molecule has 1 heterocycles. The van der Waals surface area contributed by atoms with Gasteiger partial charge in [-0.15, -0.1) is 0 Å². The molecule has 3 rings (SSSR count). The van der Waals surface area contributed by atoms with E-state index >= 15 is 0 Å². The summed E-state index contributed by atoms with van der Waals surface area (Å²) in [7, 11) is 0. The smallest absolute Gasteiger partial charge is 0.337 e. The third-order valence-corrected chi connectivity index (χ3v) is 3.77. The van der Waals surface area contributed by atoms with Gasteiger partial charge in [-0.05, 0) is 30.0 Å². The van der Waals surface area contributed by atoms with Crippen molar-refractivity contribution in [1.29, 1.82) is 0 Å². The molecule has 0 saturated heterocycles. The van der Waals surface area contributed by atoms with Gasteiger partial charge >= 0.3 is 5.97 Å². The van der Waals surface area contributed by atoms with Crippen LogP contribution in [0, 0.1) is 0 Å². The molecule has 20 heavy (non-hydrogen) atoms. The highest BCUT2D eigenvalue weighted by Gasteiger charge is 2.22. The maximum Gasteiger partial charge on any atom is 0.337 e. The molecule has 2 aromatic rings. The van der Waals surface area contributed by atoms with Gasteiger partial charge in [-0.3, -0.25) is 0 Å². The molecule has 4 nitrogen and oxygen atoms in total. The summed E-state index contributed by atoms with van der Waals surface area (Å²) in [5, 5.41) is 12.5.